The number of fused-ring (bicyclic) bond motifs is 20. The molecular weight excluding hydrogens is 1030 g/mol. The van der Waals surface area contributed by atoms with Gasteiger partial charge in [0, 0.05) is 43.8 Å². The van der Waals surface area contributed by atoms with Gasteiger partial charge in [-0.25, -0.2) is 63.6 Å². The molecular formula is C40H30N12O16S4. The first-order valence-corrected chi connectivity index (χ1v) is 26.1. The molecule has 9 rings (SSSR count). The molecule has 2 aliphatic rings. The first-order chi connectivity index (χ1) is 33.9. The molecule has 28 nitrogen and oxygen atoms in total. The Morgan fingerprint density at radius 1 is 0.361 bits per heavy atom. The summed E-state index contributed by atoms with van der Waals surface area (Å²) in [7, 11) is -18.0. The van der Waals surface area contributed by atoms with E-state index < -0.39 is 110 Å². The van der Waals surface area contributed by atoms with Crippen LogP contribution in [-0.4, -0.2) is 144 Å². The number of carboxylic acid groups (broad SMARTS) is 4. The second-order valence-electron chi connectivity index (χ2n) is 15.3. The lowest BCUT2D eigenvalue weighted by atomic mass is 10.1. The van der Waals surface area contributed by atoms with Crippen LogP contribution in [0, 0.1) is 0 Å². The van der Waals surface area contributed by atoms with Crippen molar-refractivity contribution < 1.29 is 73.3 Å². The zero-order valence-corrected chi connectivity index (χ0v) is 39.0. The van der Waals surface area contributed by atoms with E-state index in [-0.39, 0.29) is 89.7 Å². The third-order valence-electron chi connectivity index (χ3n) is 10.6. The predicted octanol–water partition coefficient (Wildman–Crippen LogP) is 0.321. The van der Waals surface area contributed by atoms with Crippen LogP contribution in [0.2, 0.25) is 0 Å². The molecule has 0 atom stereocenters. The van der Waals surface area contributed by atoms with Gasteiger partial charge >= 0.3 is 23.9 Å². The molecule has 0 saturated heterocycles. The van der Waals surface area contributed by atoms with Gasteiger partial charge in [-0.15, -0.1) is 0 Å². The highest BCUT2D eigenvalue weighted by Gasteiger charge is 2.28. The van der Waals surface area contributed by atoms with Crippen molar-refractivity contribution in [1.82, 2.24) is 58.8 Å². The molecule has 32 heteroatoms. The van der Waals surface area contributed by atoms with Crippen molar-refractivity contribution in [2.45, 2.75) is 19.6 Å². The topological polar surface area (TPSA) is 443 Å². The Kier molecular flexibility index (Phi) is 12.1. The summed E-state index contributed by atoms with van der Waals surface area (Å²) in [6, 6.07) is 14.3. The lowest BCUT2D eigenvalue weighted by molar-refractivity contribution is -0.136. The summed E-state index contributed by atoms with van der Waals surface area (Å²) in [6.45, 7) is -3.90. The molecule has 0 aliphatic carbocycles. The molecule has 10 N–H and O–H groups in total. The molecule has 5 heterocycles. The maximum absolute atomic E-state index is 13.3. The number of hydrogen-bond acceptors (Lipinski definition) is 18. The standard InChI is InChI=1S/C40H30N12O16S4/c53-29(54)13-41-69(61,62)17-1-5-21-25(9-17)37-45-33(21)49-38-26-10-18(70(63,64)42-14-30(55)56)2-6-22(26)35(46-38)51-40-28-12-20(72(67,68)44-16-32(59)60)4-8-24(28)36(48-40)52-39-27-11-19(71(65,66)43-15-31(57)58)3-7-23(27)34(47-39)50-37/h1-12,41-44H,13-16H2,(H,53,54)(H,55,56)(H,57,58)(H,59,60)(H2,45,46,47,48,49,50,51,52). The lowest BCUT2D eigenvalue weighted by Gasteiger charge is -2.07. The highest BCUT2D eigenvalue weighted by Crippen LogP contribution is 2.39. The molecule has 0 fully saturated rings. The average Bonchev–Trinajstić information content (AvgIpc) is 4.06. The molecule has 0 saturated carbocycles. The third kappa shape index (κ3) is 9.40. The third-order valence-corrected chi connectivity index (χ3v) is 16.2. The molecule has 0 radical (unpaired) electrons. The van der Waals surface area contributed by atoms with Crippen LogP contribution in [0.1, 0.15) is 0 Å². The van der Waals surface area contributed by atoms with Gasteiger partial charge in [-0.05, 0) is 72.8 Å². The number of aromatic nitrogens is 8. The van der Waals surface area contributed by atoms with E-state index in [0.717, 1.165) is 48.5 Å². The minimum atomic E-state index is -4.50. The molecule has 3 aromatic heterocycles. The highest BCUT2D eigenvalue weighted by molar-refractivity contribution is 7.90. The van der Waals surface area contributed by atoms with Gasteiger partial charge in [0.15, 0.2) is 23.3 Å². The van der Waals surface area contributed by atoms with Gasteiger partial charge in [0.1, 0.15) is 48.8 Å². The van der Waals surface area contributed by atoms with Gasteiger partial charge in [0.05, 0.1) is 19.6 Å². The quantitative estimate of drug-likeness (QED) is 0.0623. The maximum Gasteiger partial charge on any atom is 0.318 e. The fraction of sp³-hybridized carbons (Fsp3) is 0.100. The summed E-state index contributed by atoms with van der Waals surface area (Å²) in [6.07, 6.45) is 0. The molecule has 0 amide bonds. The summed E-state index contributed by atoms with van der Waals surface area (Å²) in [5, 5.41) is 37.2. The molecule has 370 valence electrons. The summed E-state index contributed by atoms with van der Waals surface area (Å²) < 4.78 is 114. The molecule has 4 aromatic carbocycles. The van der Waals surface area contributed by atoms with E-state index in [9.17, 15) is 73.3 Å². The van der Waals surface area contributed by atoms with Crippen LogP contribution < -0.4 is 18.9 Å². The van der Waals surface area contributed by atoms with E-state index in [0.29, 0.717) is 0 Å². The Balaban J connectivity index is 1.40. The van der Waals surface area contributed by atoms with Gasteiger partial charge in [-0.3, -0.25) is 19.2 Å². The van der Waals surface area contributed by atoms with Crippen molar-refractivity contribution in [1.29, 1.82) is 0 Å². The van der Waals surface area contributed by atoms with Crippen molar-refractivity contribution in [3.8, 4) is 45.6 Å². The number of nitrogens with one attached hydrogen (secondary N) is 6. The number of carboxylic acids is 4. The van der Waals surface area contributed by atoms with E-state index in [1.807, 2.05) is 18.9 Å². The molecule has 0 unspecified atom stereocenters. The highest BCUT2D eigenvalue weighted by atomic mass is 32.2. The number of benzene rings is 4. The predicted molar refractivity (Wildman–Crippen MR) is 247 cm³/mol. The number of aliphatic carboxylic acids is 4. The maximum atomic E-state index is 13.3. The average molecular weight is 1060 g/mol. The number of hydrogen-bond donors (Lipinski definition) is 10. The normalized spacial score (nSPS) is 12.7. The monoisotopic (exact) mass is 1060 g/mol. The molecule has 0 spiro atoms. The van der Waals surface area contributed by atoms with Gasteiger partial charge in [-0.1, -0.05) is 0 Å². The van der Waals surface area contributed by atoms with Crippen LogP contribution in [0.25, 0.3) is 89.7 Å². The SMILES string of the molecule is O=C(O)CNS(=O)(=O)c1ccc2c(c1)-c1nc-2nc2[nH]c(nc3nc(nc4[nH]c(n1)c1ccc(S(=O)(=O)NCC(=O)O)cc41)-c1ccc(S(=O)(=O)NCC(=O)O)cc1-3)c1ccc(S(=O)(=O)NCC(=O)O)cc21. The van der Waals surface area contributed by atoms with E-state index >= 15 is 0 Å². The molecule has 72 heavy (non-hydrogen) atoms. The zero-order chi connectivity index (χ0) is 51.7. The summed E-state index contributed by atoms with van der Waals surface area (Å²) >= 11 is 0. The zero-order valence-electron chi connectivity index (χ0n) is 35.8. The van der Waals surface area contributed by atoms with Crippen LogP contribution in [0.5, 0.6) is 0 Å². The first-order valence-electron chi connectivity index (χ1n) is 20.1. The summed E-state index contributed by atoms with van der Waals surface area (Å²) in [5.41, 5.74) is -0.192. The molecule has 2 aliphatic heterocycles. The van der Waals surface area contributed by atoms with Crippen molar-refractivity contribution in [2.75, 3.05) is 26.2 Å². The van der Waals surface area contributed by atoms with Gasteiger partial charge < -0.3 is 30.4 Å². The second-order valence-corrected chi connectivity index (χ2v) is 22.4. The van der Waals surface area contributed by atoms with Crippen molar-refractivity contribution in [2.24, 2.45) is 0 Å². The Morgan fingerprint density at radius 2 is 0.625 bits per heavy atom. The van der Waals surface area contributed by atoms with Crippen molar-refractivity contribution >= 4 is 108 Å². The summed E-state index contributed by atoms with van der Waals surface area (Å²) in [5.74, 6) is -6.73. The number of carbonyl (C=O) groups is 4. The first kappa shape index (κ1) is 48.8. The Bertz CT molecular complexity index is 3950. The van der Waals surface area contributed by atoms with Gasteiger partial charge in [-0.2, -0.15) is 18.9 Å². The van der Waals surface area contributed by atoms with Crippen LogP contribution in [-0.2, 0) is 59.3 Å². The minimum absolute atomic E-state index is 0.00741. The van der Waals surface area contributed by atoms with E-state index in [4.69, 9.17) is 19.9 Å². The largest absolute Gasteiger partial charge is 0.480 e. The minimum Gasteiger partial charge on any atom is -0.480 e. The fourth-order valence-electron chi connectivity index (χ4n) is 7.34. The molecule has 7 aromatic rings. The van der Waals surface area contributed by atoms with Crippen LogP contribution in [0.4, 0.5) is 0 Å². The Morgan fingerprint density at radius 3 is 0.931 bits per heavy atom. The summed E-state index contributed by atoms with van der Waals surface area (Å²) in [4.78, 5) is 77.6. The van der Waals surface area contributed by atoms with Crippen LogP contribution in [0.3, 0.4) is 0 Å². The van der Waals surface area contributed by atoms with Crippen LogP contribution in [0.15, 0.2) is 92.4 Å². The number of H-pyrrole nitrogens is 2. The van der Waals surface area contributed by atoms with E-state index in [1.54, 1.807) is 0 Å². The lowest BCUT2D eigenvalue weighted by Crippen LogP contribution is -2.29. The Hall–Kier alpha value is -8.24. The number of aromatic amines is 2. The van der Waals surface area contributed by atoms with Crippen molar-refractivity contribution in [3.05, 3.63) is 72.8 Å². The fourth-order valence-corrected chi connectivity index (χ4v) is 11.3. The van der Waals surface area contributed by atoms with E-state index in [1.165, 1.54) is 24.3 Å². The van der Waals surface area contributed by atoms with Gasteiger partial charge in [0.25, 0.3) is 0 Å². The second kappa shape index (κ2) is 17.9. The van der Waals surface area contributed by atoms with Crippen molar-refractivity contribution in [3.63, 3.8) is 0 Å². The Labute approximate surface area is 402 Å². The molecule has 8 bridgehead atoms. The van der Waals surface area contributed by atoms with Gasteiger partial charge in [0.2, 0.25) is 40.1 Å². The number of rotatable bonds is 16. The van der Waals surface area contributed by atoms with E-state index in [2.05, 4.69) is 19.9 Å². The van der Waals surface area contributed by atoms with Crippen LogP contribution >= 0.6 is 0 Å². The number of sulfonamides is 4. The number of nitrogens with zero attached hydrogens (tertiary/aromatic N) is 6. The smallest absolute Gasteiger partial charge is 0.318 e.